The van der Waals surface area contributed by atoms with Crippen LogP contribution in [0.4, 0.5) is 17.6 Å². The van der Waals surface area contributed by atoms with Crippen molar-refractivity contribution >= 4 is 0 Å². The van der Waals surface area contributed by atoms with Crippen molar-refractivity contribution in [2.45, 2.75) is 31.3 Å². The third kappa shape index (κ3) is 5.80. The van der Waals surface area contributed by atoms with Crippen LogP contribution in [-0.4, -0.2) is 43.1 Å². The first kappa shape index (κ1) is 24.7. The van der Waals surface area contributed by atoms with Crippen molar-refractivity contribution in [3.05, 3.63) is 81.9 Å². The summed E-state index contributed by atoms with van der Waals surface area (Å²) >= 11 is 0. The molecule has 0 N–H and O–H groups in total. The first-order valence-corrected chi connectivity index (χ1v) is 9.73. The lowest BCUT2D eigenvalue weighted by molar-refractivity contribution is -0.501. The van der Waals surface area contributed by atoms with Gasteiger partial charge in [0.2, 0.25) is 12.2 Å². The molecular weight excluding hydrogens is 418 g/mol. The van der Waals surface area contributed by atoms with Gasteiger partial charge >= 0.3 is 6.18 Å². The summed E-state index contributed by atoms with van der Waals surface area (Å²) in [5.74, 6) is -1.34. The second kappa shape index (κ2) is 10.2. The highest BCUT2D eigenvalue weighted by Crippen LogP contribution is 2.40. The van der Waals surface area contributed by atoms with Crippen molar-refractivity contribution in [3.8, 4) is 0 Å². The molecule has 0 saturated carbocycles. The van der Waals surface area contributed by atoms with E-state index >= 15 is 0 Å². The lowest BCUT2D eigenvalue weighted by Gasteiger charge is -2.33. The summed E-state index contributed by atoms with van der Waals surface area (Å²) in [6.45, 7) is -0.184. The van der Waals surface area contributed by atoms with Crippen molar-refractivity contribution in [2.75, 3.05) is 26.4 Å². The maximum Gasteiger partial charge on any atom is 0.425 e. The zero-order valence-electron chi connectivity index (χ0n) is 17.3. The van der Waals surface area contributed by atoms with Gasteiger partial charge in [-0.05, 0) is 17.0 Å². The van der Waals surface area contributed by atoms with Crippen LogP contribution in [-0.2, 0) is 15.1 Å². The predicted octanol–water partition coefficient (Wildman–Crippen LogP) is 5.17. The van der Waals surface area contributed by atoms with E-state index in [2.05, 4.69) is 0 Å². The summed E-state index contributed by atoms with van der Waals surface area (Å²) in [5.41, 5.74) is -3.96. The van der Waals surface area contributed by atoms with E-state index in [4.69, 9.17) is 9.47 Å². The third-order valence-corrected chi connectivity index (χ3v) is 5.11. The van der Waals surface area contributed by atoms with Crippen LogP contribution in [0.1, 0.15) is 25.0 Å². The topological polar surface area (TPSA) is 61.6 Å². The van der Waals surface area contributed by atoms with Gasteiger partial charge in [0.1, 0.15) is 0 Å². The Kier molecular flexibility index (Phi) is 8.14. The molecule has 31 heavy (non-hydrogen) atoms. The first-order chi connectivity index (χ1) is 14.5. The highest BCUT2D eigenvalue weighted by Gasteiger charge is 2.58. The van der Waals surface area contributed by atoms with Crippen LogP contribution < -0.4 is 0 Å². The second-order valence-corrected chi connectivity index (χ2v) is 7.47. The summed E-state index contributed by atoms with van der Waals surface area (Å²) in [6, 6.07) is 17.0. The third-order valence-electron chi connectivity index (χ3n) is 5.11. The van der Waals surface area contributed by atoms with E-state index in [0.717, 1.165) is 13.8 Å². The Bertz CT molecular complexity index is 791. The van der Waals surface area contributed by atoms with Gasteiger partial charge in [-0.1, -0.05) is 74.5 Å². The Hall–Kier alpha value is -2.52. The van der Waals surface area contributed by atoms with Crippen LogP contribution >= 0.6 is 0 Å². The summed E-state index contributed by atoms with van der Waals surface area (Å²) in [4.78, 5) is 11.0. The predicted molar refractivity (Wildman–Crippen MR) is 107 cm³/mol. The van der Waals surface area contributed by atoms with Crippen molar-refractivity contribution in [1.82, 2.24) is 0 Å². The minimum Gasteiger partial charge on any atom is -0.375 e. The van der Waals surface area contributed by atoms with Gasteiger partial charge in [0.05, 0.1) is 19.8 Å². The molecule has 0 aliphatic carbocycles. The van der Waals surface area contributed by atoms with Crippen LogP contribution in [0.15, 0.2) is 60.7 Å². The summed E-state index contributed by atoms with van der Waals surface area (Å²) < 4.78 is 64.5. The highest BCUT2D eigenvalue weighted by atomic mass is 19.4. The molecule has 0 spiro atoms. The number of nitrogens with zero attached hydrogens (tertiary/aromatic N) is 1. The number of halogens is 4. The monoisotopic (exact) mass is 443 g/mol. The molecule has 2 rings (SSSR count). The Morgan fingerprint density at radius 3 is 1.77 bits per heavy atom. The molecule has 0 saturated heterocycles. The maximum absolute atomic E-state index is 14.4. The quantitative estimate of drug-likeness (QED) is 0.208. The Morgan fingerprint density at radius 1 is 0.903 bits per heavy atom. The number of alkyl halides is 4. The van der Waals surface area contributed by atoms with Gasteiger partial charge in [-0.15, -0.1) is 0 Å². The Labute approximate surface area is 178 Å². The molecule has 0 heterocycles. The van der Waals surface area contributed by atoms with Gasteiger partial charge < -0.3 is 9.47 Å². The summed E-state index contributed by atoms with van der Waals surface area (Å²) in [7, 11) is 0. The smallest absolute Gasteiger partial charge is 0.375 e. The van der Waals surface area contributed by atoms with Crippen molar-refractivity contribution < 1.29 is 32.0 Å². The van der Waals surface area contributed by atoms with Crippen LogP contribution in [0.2, 0.25) is 0 Å². The lowest BCUT2D eigenvalue weighted by Crippen LogP contribution is -2.49. The molecule has 0 fully saturated rings. The minimum atomic E-state index is -5.08. The zero-order valence-corrected chi connectivity index (χ0v) is 17.3. The van der Waals surface area contributed by atoms with Gasteiger partial charge in [-0.2, -0.15) is 13.2 Å². The van der Waals surface area contributed by atoms with Gasteiger partial charge in [-0.3, -0.25) is 10.1 Å². The van der Waals surface area contributed by atoms with Gasteiger partial charge in [0.25, 0.3) is 0 Å². The maximum atomic E-state index is 14.4. The largest absolute Gasteiger partial charge is 0.425 e. The molecule has 9 heteroatoms. The zero-order chi connectivity index (χ0) is 23.1. The van der Waals surface area contributed by atoms with Gasteiger partial charge in [0.15, 0.2) is 5.60 Å². The highest BCUT2D eigenvalue weighted by molar-refractivity contribution is 5.36. The molecule has 0 bridgehead atoms. The van der Waals surface area contributed by atoms with E-state index in [1.807, 2.05) is 0 Å². The SMILES string of the molecule is CC(C)C(F)(COCCOC(C[N+](=O)[O-])(c1ccccc1)c1ccccc1)C(F)(F)F. The molecule has 0 amide bonds. The summed E-state index contributed by atoms with van der Waals surface area (Å²) in [5, 5.41) is 11.5. The molecular formula is C22H25F4NO4. The van der Waals surface area contributed by atoms with Crippen molar-refractivity contribution in [2.24, 2.45) is 5.92 Å². The fourth-order valence-electron chi connectivity index (χ4n) is 3.23. The molecule has 1 unspecified atom stereocenters. The van der Waals surface area contributed by atoms with E-state index in [1.165, 1.54) is 0 Å². The van der Waals surface area contributed by atoms with Crippen LogP contribution in [0, 0.1) is 16.0 Å². The van der Waals surface area contributed by atoms with Gasteiger partial charge in [0, 0.05) is 4.92 Å². The molecule has 0 aliphatic rings. The van der Waals surface area contributed by atoms with Crippen LogP contribution in [0.3, 0.4) is 0 Å². The van der Waals surface area contributed by atoms with E-state index in [1.54, 1.807) is 60.7 Å². The second-order valence-electron chi connectivity index (χ2n) is 7.47. The molecule has 0 aromatic heterocycles. The molecule has 2 aromatic rings. The Morgan fingerprint density at radius 2 is 1.39 bits per heavy atom. The minimum absolute atomic E-state index is 0.274. The fourth-order valence-corrected chi connectivity index (χ4v) is 3.23. The normalized spacial score (nSPS) is 14.4. The Balaban J connectivity index is 2.20. The number of hydrogen-bond donors (Lipinski definition) is 0. The summed E-state index contributed by atoms with van der Waals surface area (Å²) in [6.07, 6.45) is -5.08. The van der Waals surface area contributed by atoms with Crippen molar-refractivity contribution in [3.63, 3.8) is 0 Å². The molecule has 5 nitrogen and oxygen atoms in total. The van der Waals surface area contributed by atoms with Crippen LogP contribution in [0.25, 0.3) is 0 Å². The molecule has 170 valence electrons. The number of hydrogen-bond acceptors (Lipinski definition) is 4. The van der Waals surface area contributed by atoms with E-state index < -0.39 is 41.4 Å². The number of rotatable bonds is 11. The average molecular weight is 443 g/mol. The molecule has 1 atom stereocenters. The number of benzene rings is 2. The average Bonchev–Trinajstić information content (AvgIpc) is 2.72. The van der Waals surface area contributed by atoms with Crippen molar-refractivity contribution in [1.29, 1.82) is 0 Å². The van der Waals surface area contributed by atoms with E-state index in [9.17, 15) is 27.7 Å². The molecule has 2 aromatic carbocycles. The number of ether oxygens (including phenoxy) is 2. The van der Waals surface area contributed by atoms with E-state index in [-0.39, 0.29) is 13.2 Å². The lowest BCUT2D eigenvalue weighted by atomic mass is 9.86. The van der Waals surface area contributed by atoms with Crippen LogP contribution in [0.5, 0.6) is 0 Å². The van der Waals surface area contributed by atoms with E-state index in [0.29, 0.717) is 11.1 Å². The molecule has 0 aliphatic heterocycles. The molecule has 0 radical (unpaired) electrons. The van der Waals surface area contributed by atoms with Gasteiger partial charge in [-0.25, -0.2) is 4.39 Å². The first-order valence-electron chi connectivity index (χ1n) is 9.73. The standard InChI is InChI=1S/C22H25F4NO4/c1-17(2)21(23,22(24,25)26)16-30-13-14-31-20(15-27(28)29,18-9-5-3-6-10-18)19-11-7-4-8-12-19/h3-12,17H,13-16H2,1-2H3. The fraction of sp³-hybridized carbons (Fsp3) is 0.455. The number of nitro groups is 1.